The summed E-state index contributed by atoms with van der Waals surface area (Å²) in [5, 5.41) is 0. The first-order valence-electron chi connectivity index (χ1n) is 6.84. The summed E-state index contributed by atoms with van der Waals surface area (Å²) in [6, 6.07) is 0. The molecule has 2 N–H and O–H groups in total. The number of nitrogens with two attached hydrogens (primary N) is 1. The zero-order valence-corrected chi connectivity index (χ0v) is 11.2. The Morgan fingerprint density at radius 3 is 2.24 bits per heavy atom. The Kier molecular flexibility index (Phi) is 5.16. The second kappa shape index (κ2) is 6.18. The molecular formula is C14H25NO2. The Hall–Kier alpha value is -0.860. The van der Waals surface area contributed by atoms with Gasteiger partial charge in [-0.1, -0.05) is 20.8 Å². The number of hydrogen-bond donors (Lipinski definition) is 1. The molecule has 3 heteroatoms. The van der Waals surface area contributed by atoms with Gasteiger partial charge in [0.05, 0.1) is 0 Å². The van der Waals surface area contributed by atoms with Gasteiger partial charge in [0.25, 0.3) is 0 Å². The molecule has 0 bridgehead atoms. The number of ketones is 1. The first kappa shape index (κ1) is 14.2. The summed E-state index contributed by atoms with van der Waals surface area (Å²) in [6.07, 6.45) is 4.40. The van der Waals surface area contributed by atoms with Crippen LogP contribution in [0.5, 0.6) is 0 Å². The molecule has 17 heavy (non-hydrogen) atoms. The molecule has 0 saturated heterocycles. The van der Waals surface area contributed by atoms with E-state index in [-0.39, 0.29) is 29.4 Å². The van der Waals surface area contributed by atoms with Crippen molar-refractivity contribution < 1.29 is 9.59 Å². The maximum atomic E-state index is 12.4. The standard InChI is InChI=1S/C14H25NO2/c1-4-10(5-2)13(16)11-7-6-9(3)8-12(11)14(15)17/h9-12H,4-8H2,1-3H3,(H2,15,17)/t9-,11?,12?/m0/s1. The molecule has 0 aromatic carbocycles. The molecule has 98 valence electrons. The van der Waals surface area contributed by atoms with Crippen molar-refractivity contribution in [2.75, 3.05) is 0 Å². The van der Waals surface area contributed by atoms with Crippen LogP contribution < -0.4 is 5.73 Å². The minimum Gasteiger partial charge on any atom is -0.369 e. The summed E-state index contributed by atoms with van der Waals surface area (Å²) < 4.78 is 0. The third-order valence-electron chi connectivity index (χ3n) is 4.23. The molecule has 0 aromatic rings. The van der Waals surface area contributed by atoms with E-state index in [4.69, 9.17) is 5.73 Å². The summed E-state index contributed by atoms with van der Waals surface area (Å²) >= 11 is 0. The predicted octanol–water partition coefficient (Wildman–Crippen LogP) is 2.53. The number of carbonyl (C=O) groups is 2. The zero-order chi connectivity index (χ0) is 13.0. The van der Waals surface area contributed by atoms with Gasteiger partial charge in [0.2, 0.25) is 5.91 Å². The zero-order valence-electron chi connectivity index (χ0n) is 11.2. The molecule has 1 saturated carbocycles. The highest BCUT2D eigenvalue weighted by molar-refractivity contribution is 5.89. The fourth-order valence-corrected chi connectivity index (χ4v) is 3.03. The van der Waals surface area contributed by atoms with Gasteiger partial charge in [-0.2, -0.15) is 0 Å². The minimum absolute atomic E-state index is 0.107. The third kappa shape index (κ3) is 3.30. The second-order valence-electron chi connectivity index (χ2n) is 5.45. The lowest BCUT2D eigenvalue weighted by Gasteiger charge is -2.33. The maximum Gasteiger partial charge on any atom is 0.221 e. The largest absolute Gasteiger partial charge is 0.369 e. The van der Waals surface area contributed by atoms with Crippen molar-refractivity contribution in [3.05, 3.63) is 0 Å². The molecule has 1 rings (SSSR count). The van der Waals surface area contributed by atoms with Crippen molar-refractivity contribution in [2.45, 2.75) is 52.9 Å². The monoisotopic (exact) mass is 239 g/mol. The minimum atomic E-state index is -0.291. The number of amides is 1. The number of carbonyl (C=O) groups excluding carboxylic acids is 2. The van der Waals surface area contributed by atoms with Crippen molar-refractivity contribution >= 4 is 11.7 Å². The Morgan fingerprint density at radius 1 is 1.18 bits per heavy atom. The second-order valence-corrected chi connectivity index (χ2v) is 5.45. The summed E-state index contributed by atoms with van der Waals surface area (Å²) in [6.45, 7) is 6.21. The van der Waals surface area contributed by atoms with E-state index in [0.717, 1.165) is 32.1 Å². The number of Topliss-reactive ketones (excluding diaryl/α,β-unsaturated/α-hetero) is 1. The molecule has 3 nitrogen and oxygen atoms in total. The fourth-order valence-electron chi connectivity index (χ4n) is 3.03. The molecule has 1 fully saturated rings. The normalized spacial score (nSPS) is 29.3. The summed E-state index contributed by atoms with van der Waals surface area (Å²) in [5.41, 5.74) is 5.45. The Labute approximate surface area is 104 Å². The van der Waals surface area contributed by atoms with E-state index in [0.29, 0.717) is 5.92 Å². The van der Waals surface area contributed by atoms with Crippen LogP contribution in [0.2, 0.25) is 0 Å². The van der Waals surface area contributed by atoms with Gasteiger partial charge in [0.1, 0.15) is 5.78 Å². The molecular weight excluding hydrogens is 214 g/mol. The molecule has 1 aliphatic carbocycles. The van der Waals surface area contributed by atoms with Crippen LogP contribution in [0.25, 0.3) is 0 Å². The van der Waals surface area contributed by atoms with Gasteiger partial charge in [-0.25, -0.2) is 0 Å². The molecule has 0 spiro atoms. The van der Waals surface area contributed by atoms with Crippen molar-refractivity contribution in [1.29, 1.82) is 0 Å². The van der Waals surface area contributed by atoms with Gasteiger partial charge in [-0.15, -0.1) is 0 Å². The molecule has 0 aliphatic heterocycles. The van der Waals surface area contributed by atoms with Gasteiger partial charge in [0.15, 0.2) is 0 Å². The molecule has 1 aliphatic rings. The molecule has 0 radical (unpaired) electrons. The SMILES string of the molecule is CCC(CC)C(=O)C1CC[C@H](C)CC1C(N)=O. The molecule has 1 amide bonds. The molecule has 2 unspecified atom stereocenters. The van der Waals surface area contributed by atoms with Crippen LogP contribution in [-0.4, -0.2) is 11.7 Å². The van der Waals surface area contributed by atoms with Gasteiger partial charge in [-0.05, 0) is 38.0 Å². The first-order chi connectivity index (χ1) is 8.01. The fraction of sp³-hybridized carbons (Fsp3) is 0.857. The van der Waals surface area contributed by atoms with Gasteiger partial charge < -0.3 is 5.73 Å². The van der Waals surface area contributed by atoms with Gasteiger partial charge >= 0.3 is 0 Å². The van der Waals surface area contributed by atoms with Crippen LogP contribution >= 0.6 is 0 Å². The lowest BCUT2D eigenvalue weighted by atomic mass is 9.70. The Bertz CT molecular complexity index is 284. The predicted molar refractivity (Wildman–Crippen MR) is 68.3 cm³/mol. The molecule has 0 heterocycles. The van der Waals surface area contributed by atoms with Crippen LogP contribution in [-0.2, 0) is 9.59 Å². The lowest BCUT2D eigenvalue weighted by Crippen LogP contribution is -2.40. The van der Waals surface area contributed by atoms with Crippen LogP contribution in [0.1, 0.15) is 52.9 Å². The van der Waals surface area contributed by atoms with E-state index in [1.165, 1.54) is 0 Å². The third-order valence-corrected chi connectivity index (χ3v) is 4.23. The van der Waals surface area contributed by atoms with Crippen molar-refractivity contribution in [2.24, 2.45) is 29.4 Å². The van der Waals surface area contributed by atoms with E-state index in [9.17, 15) is 9.59 Å². The van der Waals surface area contributed by atoms with Crippen LogP contribution in [0.15, 0.2) is 0 Å². The maximum absolute atomic E-state index is 12.4. The first-order valence-corrected chi connectivity index (χ1v) is 6.84. The molecule has 3 atom stereocenters. The Morgan fingerprint density at radius 2 is 1.76 bits per heavy atom. The van der Waals surface area contributed by atoms with Crippen LogP contribution in [0, 0.1) is 23.7 Å². The van der Waals surface area contributed by atoms with E-state index >= 15 is 0 Å². The highest BCUT2D eigenvalue weighted by atomic mass is 16.1. The van der Waals surface area contributed by atoms with Crippen molar-refractivity contribution in [3.8, 4) is 0 Å². The van der Waals surface area contributed by atoms with Crippen LogP contribution in [0.3, 0.4) is 0 Å². The smallest absolute Gasteiger partial charge is 0.221 e. The molecule has 0 aromatic heterocycles. The number of primary amides is 1. The number of rotatable bonds is 5. The van der Waals surface area contributed by atoms with Crippen LogP contribution in [0.4, 0.5) is 0 Å². The Balaban J connectivity index is 2.79. The van der Waals surface area contributed by atoms with E-state index in [1.807, 2.05) is 13.8 Å². The van der Waals surface area contributed by atoms with Crippen molar-refractivity contribution in [1.82, 2.24) is 0 Å². The van der Waals surface area contributed by atoms with Gasteiger partial charge in [0, 0.05) is 17.8 Å². The number of hydrogen-bond acceptors (Lipinski definition) is 2. The quantitative estimate of drug-likeness (QED) is 0.801. The van der Waals surface area contributed by atoms with Crippen molar-refractivity contribution in [3.63, 3.8) is 0 Å². The summed E-state index contributed by atoms with van der Waals surface area (Å²) in [7, 11) is 0. The highest BCUT2D eigenvalue weighted by Crippen LogP contribution is 2.36. The topological polar surface area (TPSA) is 60.2 Å². The van der Waals surface area contributed by atoms with E-state index in [1.54, 1.807) is 0 Å². The summed E-state index contributed by atoms with van der Waals surface area (Å²) in [4.78, 5) is 23.9. The van der Waals surface area contributed by atoms with Gasteiger partial charge in [-0.3, -0.25) is 9.59 Å². The summed E-state index contributed by atoms with van der Waals surface area (Å²) in [5.74, 6) is 0.250. The average Bonchev–Trinajstić information content (AvgIpc) is 2.30. The van der Waals surface area contributed by atoms with E-state index in [2.05, 4.69) is 6.92 Å². The van der Waals surface area contributed by atoms with E-state index < -0.39 is 0 Å². The lowest BCUT2D eigenvalue weighted by molar-refractivity contribution is -0.137. The average molecular weight is 239 g/mol. The highest BCUT2D eigenvalue weighted by Gasteiger charge is 2.38.